The summed E-state index contributed by atoms with van der Waals surface area (Å²) in [4.78, 5) is 18.0. The molecule has 196 valence electrons. The van der Waals surface area contributed by atoms with Gasteiger partial charge in [-0.05, 0) is 68.5 Å². The minimum atomic E-state index is -3.93. The summed E-state index contributed by atoms with van der Waals surface area (Å²) in [6.07, 6.45) is 0.274. The van der Waals surface area contributed by atoms with Crippen LogP contribution in [0.4, 0.5) is 5.69 Å². The van der Waals surface area contributed by atoms with E-state index in [4.69, 9.17) is 11.6 Å². The van der Waals surface area contributed by atoms with Gasteiger partial charge in [-0.2, -0.15) is 4.72 Å². The molecule has 8 heteroatoms. The topological polar surface area (TPSA) is 69.7 Å². The number of benzene rings is 3. The number of anilines is 1. The van der Waals surface area contributed by atoms with Gasteiger partial charge < -0.3 is 9.80 Å². The molecule has 1 aliphatic heterocycles. The molecule has 6 nitrogen and oxygen atoms in total. The first-order chi connectivity index (χ1) is 17.5. The highest BCUT2D eigenvalue weighted by atomic mass is 35.5. The molecule has 1 heterocycles. The third-order valence-electron chi connectivity index (χ3n) is 6.85. The van der Waals surface area contributed by atoms with Crippen LogP contribution in [0.1, 0.15) is 27.8 Å². The monoisotopic (exact) mass is 539 g/mol. The van der Waals surface area contributed by atoms with Crippen molar-refractivity contribution in [3.05, 3.63) is 93.5 Å². The van der Waals surface area contributed by atoms with Crippen molar-refractivity contribution in [1.29, 1.82) is 0 Å². The number of nitrogens with one attached hydrogen (secondary N) is 1. The van der Waals surface area contributed by atoms with Gasteiger partial charge in [-0.1, -0.05) is 65.7 Å². The lowest BCUT2D eigenvalue weighted by molar-refractivity contribution is -0.133. The molecular formula is C29H34ClN3O3S. The molecule has 0 radical (unpaired) electrons. The van der Waals surface area contributed by atoms with E-state index in [1.807, 2.05) is 74.5 Å². The second kappa shape index (κ2) is 11.3. The van der Waals surface area contributed by atoms with E-state index in [9.17, 15) is 13.2 Å². The van der Waals surface area contributed by atoms with E-state index >= 15 is 0 Å². The number of sulfonamides is 1. The molecule has 1 aliphatic rings. The average molecular weight is 540 g/mol. The molecule has 3 aromatic carbocycles. The molecule has 1 N–H and O–H groups in total. The normalized spacial score (nSPS) is 15.1. The van der Waals surface area contributed by atoms with Crippen LogP contribution in [0.3, 0.4) is 0 Å². The van der Waals surface area contributed by atoms with Gasteiger partial charge in [0, 0.05) is 36.9 Å². The van der Waals surface area contributed by atoms with Crippen LogP contribution in [0.2, 0.25) is 5.02 Å². The smallest absolute Gasteiger partial charge is 0.241 e. The summed E-state index contributed by atoms with van der Waals surface area (Å²) >= 11 is 6.22. The largest absolute Gasteiger partial charge is 0.368 e. The van der Waals surface area contributed by atoms with E-state index < -0.39 is 16.1 Å². The predicted octanol–water partition coefficient (Wildman–Crippen LogP) is 4.81. The Morgan fingerprint density at radius 1 is 0.892 bits per heavy atom. The Balaban J connectivity index is 1.56. The van der Waals surface area contributed by atoms with Gasteiger partial charge >= 0.3 is 0 Å². The van der Waals surface area contributed by atoms with Crippen molar-refractivity contribution >= 4 is 33.2 Å². The molecule has 0 spiro atoms. The molecule has 4 rings (SSSR count). The highest BCUT2D eigenvalue weighted by molar-refractivity contribution is 7.89. The van der Waals surface area contributed by atoms with Gasteiger partial charge in [0.05, 0.1) is 4.90 Å². The quantitative estimate of drug-likeness (QED) is 0.468. The summed E-state index contributed by atoms with van der Waals surface area (Å²) in [6, 6.07) is 18.1. The maximum Gasteiger partial charge on any atom is 0.241 e. The van der Waals surface area contributed by atoms with Crippen LogP contribution < -0.4 is 9.62 Å². The van der Waals surface area contributed by atoms with Crippen LogP contribution in [0.25, 0.3) is 0 Å². The molecule has 0 aliphatic carbocycles. The zero-order valence-corrected chi connectivity index (χ0v) is 23.4. The van der Waals surface area contributed by atoms with E-state index in [1.54, 1.807) is 18.7 Å². The molecule has 1 saturated heterocycles. The first kappa shape index (κ1) is 27.2. The van der Waals surface area contributed by atoms with Gasteiger partial charge in [-0.15, -0.1) is 0 Å². The van der Waals surface area contributed by atoms with Gasteiger partial charge in [-0.25, -0.2) is 8.42 Å². The molecule has 0 aromatic heterocycles. The fourth-order valence-corrected chi connectivity index (χ4v) is 6.99. The molecule has 37 heavy (non-hydrogen) atoms. The Morgan fingerprint density at radius 3 is 2.14 bits per heavy atom. The van der Waals surface area contributed by atoms with Gasteiger partial charge in [0.25, 0.3) is 0 Å². The maximum absolute atomic E-state index is 13.8. The van der Waals surface area contributed by atoms with Crippen LogP contribution in [0.5, 0.6) is 0 Å². The highest BCUT2D eigenvalue weighted by Gasteiger charge is 2.32. The molecule has 1 amide bonds. The highest BCUT2D eigenvalue weighted by Crippen LogP contribution is 2.26. The van der Waals surface area contributed by atoms with Crippen molar-refractivity contribution in [3.8, 4) is 0 Å². The zero-order chi connectivity index (χ0) is 26.7. The number of aryl methyl sites for hydroxylation is 4. The molecular weight excluding hydrogens is 506 g/mol. The number of carbonyl (C=O) groups is 1. The molecule has 0 saturated carbocycles. The van der Waals surface area contributed by atoms with Gasteiger partial charge in [-0.3, -0.25) is 4.79 Å². The minimum Gasteiger partial charge on any atom is -0.368 e. The number of piperazine rings is 1. The summed E-state index contributed by atoms with van der Waals surface area (Å²) in [6.45, 7) is 9.86. The number of hydrogen-bond acceptors (Lipinski definition) is 4. The lowest BCUT2D eigenvalue weighted by atomic mass is 10.1. The summed E-state index contributed by atoms with van der Waals surface area (Å²) in [7, 11) is -3.93. The lowest BCUT2D eigenvalue weighted by Gasteiger charge is -2.38. The van der Waals surface area contributed by atoms with Crippen molar-refractivity contribution in [1.82, 2.24) is 9.62 Å². The molecule has 3 aromatic rings. The van der Waals surface area contributed by atoms with E-state index in [0.29, 0.717) is 42.3 Å². The number of rotatable bonds is 7. The van der Waals surface area contributed by atoms with Crippen molar-refractivity contribution < 1.29 is 13.2 Å². The lowest BCUT2D eigenvalue weighted by Crippen LogP contribution is -2.55. The Kier molecular flexibility index (Phi) is 8.26. The van der Waals surface area contributed by atoms with Crippen LogP contribution in [0, 0.1) is 27.7 Å². The van der Waals surface area contributed by atoms with Crippen LogP contribution in [-0.2, 0) is 21.2 Å². The number of amides is 1. The number of halogens is 1. The minimum absolute atomic E-state index is 0.211. The fourth-order valence-electron chi connectivity index (χ4n) is 5.18. The summed E-state index contributed by atoms with van der Waals surface area (Å²) in [5, 5.41) is 0.679. The van der Waals surface area contributed by atoms with E-state index in [0.717, 1.165) is 22.4 Å². The third-order valence-corrected chi connectivity index (χ3v) is 8.87. The van der Waals surface area contributed by atoms with Crippen molar-refractivity contribution in [3.63, 3.8) is 0 Å². The summed E-state index contributed by atoms with van der Waals surface area (Å²) in [5.41, 5.74) is 5.42. The van der Waals surface area contributed by atoms with Crippen molar-refractivity contribution in [2.45, 2.75) is 45.1 Å². The first-order valence-electron chi connectivity index (χ1n) is 12.5. The Morgan fingerprint density at radius 2 is 1.51 bits per heavy atom. The molecule has 1 atom stereocenters. The molecule has 0 bridgehead atoms. The fraction of sp³-hybridized carbons (Fsp3) is 0.345. The number of carbonyl (C=O) groups excluding carboxylic acids is 1. The first-order valence-corrected chi connectivity index (χ1v) is 14.4. The zero-order valence-electron chi connectivity index (χ0n) is 21.8. The second-order valence-electron chi connectivity index (χ2n) is 9.83. The number of hydrogen-bond donors (Lipinski definition) is 1. The Hall–Kier alpha value is -2.87. The van der Waals surface area contributed by atoms with Gasteiger partial charge in [0.15, 0.2) is 0 Å². The molecule has 0 unspecified atom stereocenters. The predicted molar refractivity (Wildman–Crippen MR) is 150 cm³/mol. The van der Waals surface area contributed by atoms with Crippen LogP contribution in [0.15, 0.2) is 65.6 Å². The van der Waals surface area contributed by atoms with Crippen molar-refractivity contribution in [2.75, 3.05) is 31.1 Å². The second-order valence-corrected chi connectivity index (χ2v) is 11.9. The summed E-state index contributed by atoms with van der Waals surface area (Å²) < 4.78 is 29.9. The van der Waals surface area contributed by atoms with E-state index in [-0.39, 0.29) is 17.2 Å². The standard InChI is InChI=1S/C29H34ClN3O3S/c1-20-16-22(3)28(23(4)17-20)37(35,36)31-26(18-24-8-6-5-7-9-24)29(34)33-14-12-32(13-15-33)27-19-25(30)11-10-21(27)2/h5-11,16-17,19,26,31H,12-15,18H2,1-4H3/t26-/m1/s1. The molecule has 1 fully saturated rings. The van der Waals surface area contributed by atoms with Crippen molar-refractivity contribution in [2.24, 2.45) is 0 Å². The van der Waals surface area contributed by atoms with Gasteiger partial charge in [0.2, 0.25) is 15.9 Å². The SMILES string of the molecule is Cc1cc(C)c(S(=O)(=O)N[C@H](Cc2ccccc2)C(=O)N2CCN(c3cc(Cl)ccc3C)CC2)c(C)c1. The van der Waals surface area contributed by atoms with E-state index in [1.165, 1.54) is 0 Å². The maximum atomic E-state index is 13.8. The van der Waals surface area contributed by atoms with E-state index in [2.05, 4.69) is 9.62 Å². The summed E-state index contributed by atoms with van der Waals surface area (Å²) in [5.74, 6) is -0.211. The number of nitrogens with zero attached hydrogens (tertiary/aromatic N) is 2. The van der Waals surface area contributed by atoms with Crippen LogP contribution >= 0.6 is 11.6 Å². The van der Waals surface area contributed by atoms with Gasteiger partial charge in [0.1, 0.15) is 6.04 Å². The Bertz CT molecular complexity index is 1360. The third kappa shape index (κ3) is 6.35. The van der Waals surface area contributed by atoms with Crippen LogP contribution in [-0.4, -0.2) is 51.4 Å². The average Bonchev–Trinajstić information content (AvgIpc) is 2.84. The Labute approximate surface area is 225 Å².